The maximum Gasteiger partial charge on any atom is 0.329 e. The summed E-state index contributed by atoms with van der Waals surface area (Å²) < 4.78 is 4.64. The van der Waals surface area contributed by atoms with E-state index in [1.54, 1.807) is 30.3 Å². The van der Waals surface area contributed by atoms with E-state index < -0.39 is 12.0 Å². The fourth-order valence-electron chi connectivity index (χ4n) is 1.90. The third-order valence-electron chi connectivity index (χ3n) is 2.88. The van der Waals surface area contributed by atoms with Crippen LogP contribution in [0.3, 0.4) is 0 Å². The Balaban J connectivity index is 2.30. The summed E-state index contributed by atoms with van der Waals surface area (Å²) in [5.41, 5.74) is 0.454. The van der Waals surface area contributed by atoms with Crippen molar-refractivity contribution in [2.75, 3.05) is 7.11 Å². The molecule has 0 unspecified atom stereocenters. The molecule has 1 amide bonds. The summed E-state index contributed by atoms with van der Waals surface area (Å²) in [7, 11) is 1.23. The Morgan fingerprint density at radius 2 is 1.95 bits per heavy atom. The molecule has 1 aliphatic rings. The van der Waals surface area contributed by atoms with Crippen LogP contribution in [0, 0.1) is 0 Å². The van der Waals surface area contributed by atoms with Crippen LogP contribution in [0.15, 0.2) is 42.6 Å². The molecule has 0 saturated carbocycles. The fraction of sp³-hybridized carbons (Fsp3) is 0.214. The number of hydrogen-bond donors (Lipinski definition) is 0. The van der Waals surface area contributed by atoms with E-state index in [2.05, 4.69) is 4.74 Å². The van der Waals surface area contributed by atoms with Gasteiger partial charge in [0.15, 0.2) is 5.78 Å². The number of carbonyl (C=O) groups is 3. The molecular formula is C14H13NO4. The number of methoxy groups -OCH3 is 1. The largest absolute Gasteiger partial charge is 0.467 e. The normalized spacial score (nSPS) is 18.3. The van der Waals surface area contributed by atoms with Gasteiger partial charge in [0.25, 0.3) is 5.91 Å². The summed E-state index contributed by atoms with van der Waals surface area (Å²) in [5, 5.41) is 0. The molecule has 0 aromatic heterocycles. The zero-order chi connectivity index (χ0) is 13.8. The molecule has 0 saturated heterocycles. The van der Waals surface area contributed by atoms with Gasteiger partial charge >= 0.3 is 5.97 Å². The molecule has 98 valence electrons. The third kappa shape index (κ3) is 2.70. The maximum absolute atomic E-state index is 12.3. The molecule has 19 heavy (non-hydrogen) atoms. The van der Waals surface area contributed by atoms with Gasteiger partial charge in [-0.15, -0.1) is 0 Å². The number of amides is 1. The van der Waals surface area contributed by atoms with E-state index in [9.17, 15) is 14.4 Å². The Morgan fingerprint density at radius 3 is 2.58 bits per heavy atom. The van der Waals surface area contributed by atoms with Gasteiger partial charge in [-0.25, -0.2) is 4.79 Å². The number of rotatable bonds is 2. The summed E-state index contributed by atoms with van der Waals surface area (Å²) in [6.45, 7) is 0. The Kier molecular flexibility index (Phi) is 3.75. The number of esters is 1. The lowest BCUT2D eigenvalue weighted by Gasteiger charge is -2.28. The summed E-state index contributed by atoms with van der Waals surface area (Å²) >= 11 is 0. The predicted molar refractivity (Wildman–Crippen MR) is 67.2 cm³/mol. The van der Waals surface area contributed by atoms with Crippen molar-refractivity contribution in [1.82, 2.24) is 4.90 Å². The van der Waals surface area contributed by atoms with Crippen LogP contribution in [-0.4, -0.2) is 35.7 Å². The van der Waals surface area contributed by atoms with Gasteiger partial charge < -0.3 is 9.64 Å². The van der Waals surface area contributed by atoms with Crippen molar-refractivity contribution in [3.05, 3.63) is 48.2 Å². The minimum atomic E-state index is -0.893. The van der Waals surface area contributed by atoms with E-state index in [4.69, 9.17) is 0 Å². The van der Waals surface area contributed by atoms with Crippen molar-refractivity contribution in [2.45, 2.75) is 12.5 Å². The first-order valence-electron chi connectivity index (χ1n) is 5.80. The second-order valence-corrected chi connectivity index (χ2v) is 4.10. The van der Waals surface area contributed by atoms with Gasteiger partial charge in [-0.3, -0.25) is 9.59 Å². The molecule has 0 radical (unpaired) electrons. The highest BCUT2D eigenvalue weighted by Gasteiger charge is 2.33. The highest BCUT2D eigenvalue weighted by Crippen LogP contribution is 2.17. The Labute approximate surface area is 110 Å². The van der Waals surface area contributed by atoms with Crippen LogP contribution >= 0.6 is 0 Å². The number of carbonyl (C=O) groups excluding carboxylic acids is 3. The second kappa shape index (κ2) is 5.48. The number of hydrogen-bond acceptors (Lipinski definition) is 4. The molecule has 1 aliphatic heterocycles. The fourth-order valence-corrected chi connectivity index (χ4v) is 1.90. The minimum Gasteiger partial charge on any atom is -0.467 e. The van der Waals surface area contributed by atoms with E-state index >= 15 is 0 Å². The number of benzene rings is 1. The number of ketones is 1. The van der Waals surface area contributed by atoms with E-state index in [-0.39, 0.29) is 18.1 Å². The average molecular weight is 259 g/mol. The Bertz CT molecular complexity index is 536. The monoisotopic (exact) mass is 259 g/mol. The summed E-state index contributed by atoms with van der Waals surface area (Å²) in [6, 6.07) is 7.68. The van der Waals surface area contributed by atoms with Crippen LogP contribution in [0.2, 0.25) is 0 Å². The quantitative estimate of drug-likeness (QED) is 0.747. The summed E-state index contributed by atoms with van der Waals surface area (Å²) in [4.78, 5) is 36.6. The van der Waals surface area contributed by atoms with Crippen LogP contribution < -0.4 is 0 Å². The van der Waals surface area contributed by atoms with Crippen molar-refractivity contribution >= 4 is 17.7 Å². The maximum atomic E-state index is 12.3. The average Bonchev–Trinajstić information content (AvgIpc) is 2.46. The van der Waals surface area contributed by atoms with Gasteiger partial charge in [-0.05, 0) is 18.2 Å². The van der Waals surface area contributed by atoms with E-state index in [0.717, 1.165) is 0 Å². The highest BCUT2D eigenvalue weighted by atomic mass is 16.5. The molecule has 0 spiro atoms. The number of nitrogens with zero attached hydrogens (tertiary/aromatic N) is 1. The van der Waals surface area contributed by atoms with Crippen molar-refractivity contribution in [2.24, 2.45) is 0 Å². The highest BCUT2D eigenvalue weighted by molar-refractivity contribution is 6.02. The van der Waals surface area contributed by atoms with E-state index in [1.165, 1.54) is 24.3 Å². The second-order valence-electron chi connectivity index (χ2n) is 4.10. The molecule has 0 N–H and O–H groups in total. The van der Waals surface area contributed by atoms with Crippen LogP contribution in [-0.2, 0) is 14.3 Å². The van der Waals surface area contributed by atoms with Crippen LogP contribution in [0.4, 0.5) is 0 Å². The smallest absolute Gasteiger partial charge is 0.329 e. The van der Waals surface area contributed by atoms with Crippen LogP contribution in [0.25, 0.3) is 0 Å². The van der Waals surface area contributed by atoms with Crippen molar-refractivity contribution in [1.29, 1.82) is 0 Å². The van der Waals surface area contributed by atoms with Gasteiger partial charge in [0.2, 0.25) is 0 Å². The lowest BCUT2D eigenvalue weighted by atomic mass is 10.0. The van der Waals surface area contributed by atoms with Gasteiger partial charge in [0, 0.05) is 18.2 Å². The molecule has 1 atom stereocenters. The van der Waals surface area contributed by atoms with E-state index in [1.807, 2.05) is 0 Å². The molecule has 1 aromatic carbocycles. The SMILES string of the molecule is COC(=O)[C@@H]1CC(=O)C=CN1C(=O)c1ccccc1. The van der Waals surface area contributed by atoms with Crippen LogP contribution in [0.1, 0.15) is 16.8 Å². The molecular weight excluding hydrogens is 246 g/mol. The van der Waals surface area contributed by atoms with Crippen molar-refractivity contribution in [3.8, 4) is 0 Å². The van der Waals surface area contributed by atoms with Crippen molar-refractivity contribution in [3.63, 3.8) is 0 Å². The van der Waals surface area contributed by atoms with E-state index in [0.29, 0.717) is 5.56 Å². The first kappa shape index (κ1) is 13.0. The summed E-state index contributed by atoms with van der Waals surface area (Å²) in [6.07, 6.45) is 2.57. The van der Waals surface area contributed by atoms with Gasteiger partial charge in [0.1, 0.15) is 6.04 Å². The van der Waals surface area contributed by atoms with Crippen LogP contribution in [0.5, 0.6) is 0 Å². The summed E-state index contributed by atoms with van der Waals surface area (Å²) in [5.74, 6) is -1.13. The lowest BCUT2D eigenvalue weighted by Crippen LogP contribution is -2.45. The molecule has 2 rings (SSSR count). The first-order chi connectivity index (χ1) is 9.13. The van der Waals surface area contributed by atoms with Gasteiger partial charge in [-0.2, -0.15) is 0 Å². The number of allylic oxidation sites excluding steroid dienone is 1. The molecule has 5 heteroatoms. The standard InChI is InChI=1S/C14H13NO4/c1-19-14(18)12-9-11(16)7-8-15(12)13(17)10-5-3-2-4-6-10/h2-8,12H,9H2,1H3/t12-/m0/s1. The Morgan fingerprint density at radius 1 is 1.26 bits per heavy atom. The Hall–Kier alpha value is -2.43. The molecule has 1 heterocycles. The zero-order valence-corrected chi connectivity index (χ0v) is 10.4. The van der Waals surface area contributed by atoms with Gasteiger partial charge in [0.05, 0.1) is 7.11 Å². The minimum absolute atomic E-state index is 0.0538. The predicted octanol–water partition coefficient (Wildman–Crippen LogP) is 1.16. The molecule has 0 fully saturated rings. The van der Waals surface area contributed by atoms with Crippen molar-refractivity contribution < 1.29 is 19.1 Å². The molecule has 0 aliphatic carbocycles. The first-order valence-corrected chi connectivity index (χ1v) is 5.80. The molecule has 0 bridgehead atoms. The third-order valence-corrected chi connectivity index (χ3v) is 2.88. The van der Waals surface area contributed by atoms with Gasteiger partial charge in [-0.1, -0.05) is 18.2 Å². The molecule has 5 nitrogen and oxygen atoms in total. The topological polar surface area (TPSA) is 63.7 Å². The lowest BCUT2D eigenvalue weighted by molar-refractivity contribution is -0.147. The number of ether oxygens (including phenoxy) is 1. The zero-order valence-electron chi connectivity index (χ0n) is 10.4. The molecule has 1 aromatic rings.